The van der Waals surface area contributed by atoms with Crippen molar-refractivity contribution in [2.75, 3.05) is 12.4 Å². The fourth-order valence-corrected chi connectivity index (χ4v) is 8.06. The van der Waals surface area contributed by atoms with Crippen molar-refractivity contribution in [1.29, 1.82) is 0 Å². The van der Waals surface area contributed by atoms with E-state index in [4.69, 9.17) is 13.6 Å². The Morgan fingerprint density at radius 3 is 2.04 bits per heavy atom. The molecule has 6 nitrogen and oxygen atoms in total. The van der Waals surface area contributed by atoms with Crippen LogP contribution in [0.5, 0.6) is 11.5 Å². The van der Waals surface area contributed by atoms with Crippen LogP contribution < -0.4 is 15.4 Å². The summed E-state index contributed by atoms with van der Waals surface area (Å²) in [4.78, 5) is 2.42. The van der Waals surface area contributed by atoms with E-state index in [1.165, 1.54) is 0 Å². The minimum absolute atomic E-state index is 0.146. The highest BCUT2D eigenvalue weighted by Gasteiger charge is 2.57. The van der Waals surface area contributed by atoms with Gasteiger partial charge in [0.25, 0.3) is 0 Å². The zero-order valence-electron chi connectivity index (χ0n) is 27.5. The lowest BCUT2D eigenvalue weighted by Gasteiger charge is -2.49. The second kappa shape index (κ2) is 10.6. The number of para-hydroxylation sites is 2. The highest BCUT2D eigenvalue weighted by atomic mass is 16.5. The molecule has 0 amide bonds. The van der Waals surface area contributed by atoms with Gasteiger partial charge in [-0.2, -0.15) is 0 Å². The van der Waals surface area contributed by atoms with Gasteiger partial charge in [0.05, 0.1) is 5.69 Å². The standard InChI is InChI=1S/C42H37N3O3/c1-5-42-34-35(41(2,3)44-42)37-39(48-33-22-14-12-20-31(33)30-19-11-13-21-32(30)47-37)38(46-29-24-23-26-15-9-10-18-28(26)25-29)36(34)43-40(45(42)4)27-16-7-6-8-17-27/h6-25,40,43-44H,5H2,1-4H3/t40?,42-/m0/s1. The van der Waals surface area contributed by atoms with Crippen molar-refractivity contribution < 1.29 is 13.6 Å². The summed E-state index contributed by atoms with van der Waals surface area (Å²) in [6.45, 7) is 6.71. The fraction of sp³-hybridized carbons (Fsp3) is 0.190. The largest absolute Gasteiger partial charge is 0.452 e. The summed E-state index contributed by atoms with van der Waals surface area (Å²) in [7, 11) is 2.19. The molecule has 7 aromatic rings. The molecule has 0 aliphatic carbocycles. The monoisotopic (exact) mass is 631 g/mol. The number of rotatable bonds is 4. The maximum atomic E-state index is 7.08. The number of benzene rings is 6. The maximum Gasteiger partial charge on any atom is 0.214 e. The van der Waals surface area contributed by atoms with E-state index in [1.54, 1.807) is 0 Å². The Kier molecular flexibility index (Phi) is 6.38. The zero-order valence-corrected chi connectivity index (χ0v) is 27.5. The Bertz CT molecular complexity index is 2440. The molecule has 1 aromatic heterocycles. The van der Waals surface area contributed by atoms with Gasteiger partial charge in [-0.15, -0.1) is 0 Å². The average Bonchev–Trinajstić information content (AvgIpc) is 3.36. The van der Waals surface area contributed by atoms with Gasteiger partial charge in [0, 0.05) is 27.4 Å². The molecular weight excluding hydrogens is 594 g/mol. The molecule has 6 aromatic carbocycles. The Balaban J connectivity index is 1.46. The number of fused-ring (bicyclic) bond motifs is 6. The number of hydrogen-bond acceptors (Lipinski definition) is 6. The molecular formula is C42H37N3O3. The molecule has 1 unspecified atom stereocenters. The van der Waals surface area contributed by atoms with Crippen LogP contribution in [0.4, 0.5) is 5.69 Å². The molecule has 0 saturated heterocycles. The Morgan fingerprint density at radius 1 is 0.708 bits per heavy atom. The molecule has 2 aliphatic heterocycles. The quantitative estimate of drug-likeness (QED) is 0.202. The van der Waals surface area contributed by atoms with Crippen LogP contribution in [0, 0.1) is 0 Å². The maximum absolute atomic E-state index is 7.08. The molecule has 0 spiro atoms. The van der Waals surface area contributed by atoms with Crippen molar-refractivity contribution in [3.05, 3.63) is 138 Å². The molecule has 0 fully saturated rings. The Hall–Kier alpha value is -5.30. The number of anilines is 1. The van der Waals surface area contributed by atoms with Crippen molar-refractivity contribution in [2.45, 2.75) is 44.6 Å². The highest BCUT2D eigenvalue weighted by molar-refractivity contribution is 6.04. The number of nitrogens with zero attached hydrogens (tertiary/aromatic N) is 1. The van der Waals surface area contributed by atoms with E-state index in [9.17, 15) is 0 Å². The molecule has 0 saturated carbocycles. The van der Waals surface area contributed by atoms with Crippen LogP contribution in [0.3, 0.4) is 0 Å². The van der Waals surface area contributed by atoms with Crippen molar-refractivity contribution in [3.63, 3.8) is 0 Å². The molecule has 2 aliphatic rings. The third kappa shape index (κ3) is 4.19. The number of ether oxygens (including phenoxy) is 1. The SMILES string of the molecule is CC[C@@]12NC(C)(C)c3c1c(c(Oc1ccc4ccccc4c1)c1oc4ccccc4c4ccccc4oc31)NC(c1ccccc1)N2C. The summed E-state index contributed by atoms with van der Waals surface area (Å²) in [5.41, 5.74) is 5.94. The van der Waals surface area contributed by atoms with E-state index in [1.807, 2.05) is 42.5 Å². The van der Waals surface area contributed by atoms with Gasteiger partial charge in [-0.25, -0.2) is 0 Å². The fourth-order valence-electron chi connectivity index (χ4n) is 8.06. The second-order valence-electron chi connectivity index (χ2n) is 13.5. The predicted octanol–water partition coefficient (Wildman–Crippen LogP) is 10.9. The van der Waals surface area contributed by atoms with Gasteiger partial charge >= 0.3 is 0 Å². The third-order valence-corrected chi connectivity index (χ3v) is 10.3. The summed E-state index contributed by atoms with van der Waals surface area (Å²) < 4.78 is 21.2. The molecule has 0 radical (unpaired) electrons. The van der Waals surface area contributed by atoms with E-state index >= 15 is 0 Å². The lowest BCUT2D eigenvalue weighted by Crippen LogP contribution is -2.58. The summed E-state index contributed by atoms with van der Waals surface area (Å²) in [6.07, 6.45) is 0.666. The lowest BCUT2D eigenvalue weighted by molar-refractivity contribution is 0.0255. The van der Waals surface area contributed by atoms with Gasteiger partial charge in [-0.1, -0.05) is 104 Å². The first kappa shape index (κ1) is 28.9. The van der Waals surface area contributed by atoms with Gasteiger partial charge in [0.2, 0.25) is 5.58 Å². The summed E-state index contributed by atoms with van der Waals surface area (Å²) in [6, 6.07) is 41.5. The molecule has 3 heterocycles. The van der Waals surface area contributed by atoms with E-state index in [-0.39, 0.29) is 6.17 Å². The molecule has 9 rings (SSSR count). The molecule has 48 heavy (non-hydrogen) atoms. The van der Waals surface area contributed by atoms with Gasteiger partial charge in [0.1, 0.15) is 28.7 Å². The van der Waals surface area contributed by atoms with Crippen molar-refractivity contribution >= 4 is 49.6 Å². The van der Waals surface area contributed by atoms with Crippen molar-refractivity contribution in [3.8, 4) is 11.5 Å². The van der Waals surface area contributed by atoms with E-state index in [0.29, 0.717) is 16.9 Å². The molecule has 2 N–H and O–H groups in total. The van der Waals surface area contributed by atoms with Crippen LogP contribution >= 0.6 is 0 Å². The number of hydrogen-bond donors (Lipinski definition) is 2. The summed E-state index contributed by atoms with van der Waals surface area (Å²) in [5, 5.41) is 12.2. The molecule has 0 bridgehead atoms. The average molecular weight is 632 g/mol. The minimum atomic E-state index is -0.528. The van der Waals surface area contributed by atoms with E-state index < -0.39 is 11.2 Å². The van der Waals surface area contributed by atoms with Crippen LogP contribution in [0.25, 0.3) is 43.9 Å². The first-order chi connectivity index (χ1) is 23.4. The van der Waals surface area contributed by atoms with Crippen LogP contribution in [0.2, 0.25) is 0 Å². The molecule has 238 valence electrons. The second-order valence-corrected chi connectivity index (χ2v) is 13.5. The number of nitrogens with one attached hydrogen (secondary N) is 2. The predicted molar refractivity (Wildman–Crippen MR) is 194 cm³/mol. The van der Waals surface area contributed by atoms with Gasteiger partial charge in [-0.05, 0) is 67.9 Å². The van der Waals surface area contributed by atoms with Crippen LogP contribution in [0.15, 0.2) is 130 Å². The van der Waals surface area contributed by atoms with Crippen LogP contribution in [-0.4, -0.2) is 11.9 Å². The minimum Gasteiger partial charge on any atom is -0.452 e. The normalized spacial score (nSPS) is 19.8. The Morgan fingerprint density at radius 2 is 1.33 bits per heavy atom. The van der Waals surface area contributed by atoms with Crippen LogP contribution in [-0.2, 0) is 11.2 Å². The molecule has 2 atom stereocenters. The first-order valence-electron chi connectivity index (χ1n) is 16.7. The zero-order chi connectivity index (χ0) is 32.6. The van der Waals surface area contributed by atoms with Crippen molar-refractivity contribution in [1.82, 2.24) is 10.2 Å². The van der Waals surface area contributed by atoms with Gasteiger partial charge < -0.3 is 18.9 Å². The Labute approximate surface area is 279 Å². The summed E-state index contributed by atoms with van der Waals surface area (Å²) in [5.74, 6) is 1.32. The van der Waals surface area contributed by atoms with Gasteiger partial charge in [-0.3, -0.25) is 10.2 Å². The molecule has 6 heteroatoms. The van der Waals surface area contributed by atoms with E-state index in [0.717, 1.165) is 67.3 Å². The first-order valence-corrected chi connectivity index (χ1v) is 16.7. The smallest absolute Gasteiger partial charge is 0.214 e. The van der Waals surface area contributed by atoms with Crippen LogP contribution in [0.1, 0.15) is 50.0 Å². The summed E-state index contributed by atoms with van der Waals surface area (Å²) >= 11 is 0. The van der Waals surface area contributed by atoms with E-state index in [2.05, 4.69) is 122 Å². The van der Waals surface area contributed by atoms with Gasteiger partial charge in [0.15, 0.2) is 11.3 Å². The van der Waals surface area contributed by atoms with Crippen molar-refractivity contribution in [2.24, 2.45) is 0 Å². The highest BCUT2D eigenvalue weighted by Crippen LogP contribution is 2.59. The third-order valence-electron chi connectivity index (χ3n) is 10.3. The lowest BCUT2D eigenvalue weighted by atomic mass is 9.85. The topological polar surface area (TPSA) is 62.8 Å².